The molecule has 0 heterocycles. The van der Waals surface area contributed by atoms with E-state index in [9.17, 15) is 0 Å². The SMILES string of the molecule is CC(C)P(C/C(=N\N=C(/CP(C(C)C)C(C)C)C(C)(C)C)C(C)(C)C)C(C)C. The molecule has 0 spiro atoms. The molecule has 4 heteroatoms. The first-order valence-electron chi connectivity index (χ1n) is 11.1. The molecule has 0 N–H and O–H groups in total. The van der Waals surface area contributed by atoms with Crippen LogP contribution in [0.3, 0.4) is 0 Å². The van der Waals surface area contributed by atoms with Crippen LogP contribution in [-0.4, -0.2) is 46.4 Å². The van der Waals surface area contributed by atoms with Crippen LogP contribution in [0.2, 0.25) is 0 Å². The van der Waals surface area contributed by atoms with E-state index in [2.05, 4.69) is 96.9 Å². The summed E-state index contributed by atoms with van der Waals surface area (Å²) < 4.78 is 0. The lowest BCUT2D eigenvalue weighted by atomic mass is 9.90. The van der Waals surface area contributed by atoms with Crippen molar-refractivity contribution < 1.29 is 0 Å². The monoisotopic (exact) mass is 428 g/mol. The second-order valence-corrected chi connectivity index (χ2v) is 18.1. The van der Waals surface area contributed by atoms with E-state index in [0.717, 1.165) is 35.0 Å². The molecule has 0 aliphatic rings. The molecule has 0 unspecified atom stereocenters. The Morgan fingerprint density at radius 2 is 0.750 bits per heavy atom. The van der Waals surface area contributed by atoms with Crippen molar-refractivity contribution in [3.8, 4) is 0 Å². The van der Waals surface area contributed by atoms with Gasteiger partial charge in [0.05, 0.1) is 11.4 Å². The molecule has 0 fully saturated rings. The maximum absolute atomic E-state index is 4.97. The minimum Gasteiger partial charge on any atom is -0.159 e. The topological polar surface area (TPSA) is 24.7 Å². The summed E-state index contributed by atoms with van der Waals surface area (Å²) in [5, 5.41) is 9.94. The minimum absolute atomic E-state index is 0.0672. The van der Waals surface area contributed by atoms with Crippen LogP contribution in [0.5, 0.6) is 0 Å². The van der Waals surface area contributed by atoms with Gasteiger partial charge in [0.2, 0.25) is 0 Å². The fourth-order valence-electron chi connectivity index (χ4n) is 3.23. The highest BCUT2D eigenvalue weighted by molar-refractivity contribution is 7.60. The van der Waals surface area contributed by atoms with Crippen molar-refractivity contribution in [1.29, 1.82) is 0 Å². The fourth-order valence-corrected chi connectivity index (χ4v) is 8.84. The van der Waals surface area contributed by atoms with E-state index in [0.29, 0.717) is 0 Å². The molecule has 28 heavy (non-hydrogen) atoms. The van der Waals surface area contributed by atoms with Crippen molar-refractivity contribution in [1.82, 2.24) is 0 Å². The minimum atomic E-state index is -0.0745. The number of rotatable bonds is 9. The van der Waals surface area contributed by atoms with Gasteiger partial charge >= 0.3 is 0 Å². The highest BCUT2D eigenvalue weighted by Gasteiger charge is 2.28. The van der Waals surface area contributed by atoms with Gasteiger partial charge in [-0.3, -0.25) is 0 Å². The third-order valence-electron chi connectivity index (χ3n) is 5.34. The van der Waals surface area contributed by atoms with Gasteiger partial charge in [-0.1, -0.05) is 113 Å². The van der Waals surface area contributed by atoms with Gasteiger partial charge in [0.1, 0.15) is 0 Å². The molecule has 0 amide bonds. The lowest BCUT2D eigenvalue weighted by Gasteiger charge is -2.32. The first-order valence-corrected chi connectivity index (χ1v) is 14.5. The molecule has 0 aliphatic heterocycles. The molecule has 0 aliphatic carbocycles. The number of hydrogen-bond acceptors (Lipinski definition) is 2. The van der Waals surface area contributed by atoms with E-state index in [4.69, 9.17) is 10.2 Å². The molecule has 0 radical (unpaired) electrons. The lowest BCUT2D eigenvalue weighted by Crippen LogP contribution is -2.28. The Kier molecular flexibility index (Phi) is 11.6. The van der Waals surface area contributed by atoms with Gasteiger partial charge in [-0.15, -0.1) is 0 Å². The Bertz CT molecular complexity index is 454. The predicted octanol–water partition coefficient (Wildman–Crippen LogP) is 8.47. The van der Waals surface area contributed by atoms with Gasteiger partial charge in [-0.2, -0.15) is 10.2 Å². The van der Waals surface area contributed by atoms with Crippen LogP contribution in [0.1, 0.15) is 96.9 Å². The summed E-state index contributed by atoms with van der Waals surface area (Å²) in [4.78, 5) is 0. The van der Waals surface area contributed by atoms with Crippen molar-refractivity contribution in [3.63, 3.8) is 0 Å². The van der Waals surface area contributed by atoms with Gasteiger partial charge in [0, 0.05) is 23.2 Å². The summed E-state index contributed by atoms with van der Waals surface area (Å²) in [6, 6.07) is 0. The number of nitrogens with zero attached hydrogens (tertiary/aromatic N) is 2. The molecule has 0 aromatic carbocycles. The van der Waals surface area contributed by atoms with Gasteiger partial charge in [-0.25, -0.2) is 0 Å². The standard InChI is InChI=1S/C24H50N2P2/c1-17(2)27(18(3)4)15-21(23(9,10)11)25-26-22(24(12,13)14)16-28(19(5)6)20(7)8/h17-20H,15-16H2,1-14H3/b25-21+,26-22+. The molecule has 0 saturated heterocycles. The Labute approximate surface area is 180 Å². The van der Waals surface area contributed by atoms with Gasteiger partial charge in [-0.05, 0) is 22.6 Å². The van der Waals surface area contributed by atoms with E-state index in [-0.39, 0.29) is 26.7 Å². The van der Waals surface area contributed by atoms with Crippen LogP contribution < -0.4 is 0 Å². The highest BCUT2D eigenvalue weighted by atomic mass is 31.1. The summed E-state index contributed by atoms with van der Waals surface area (Å²) in [7, 11) is -0.149. The predicted molar refractivity (Wildman–Crippen MR) is 138 cm³/mol. The molecule has 166 valence electrons. The highest BCUT2D eigenvalue weighted by Crippen LogP contribution is 2.48. The van der Waals surface area contributed by atoms with E-state index < -0.39 is 0 Å². The second kappa shape index (κ2) is 11.6. The Morgan fingerprint density at radius 1 is 0.536 bits per heavy atom. The zero-order valence-electron chi connectivity index (χ0n) is 21.5. The number of hydrogen-bond donors (Lipinski definition) is 0. The molecule has 0 bridgehead atoms. The second-order valence-electron chi connectivity index (χ2n) is 11.3. The zero-order chi connectivity index (χ0) is 22.4. The molecule has 0 aromatic heterocycles. The van der Waals surface area contributed by atoms with Crippen molar-refractivity contribution in [3.05, 3.63) is 0 Å². The third-order valence-corrected chi connectivity index (χ3v) is 12.0. The molecular weight excluding hydrogens is 378 g/mol. The lowest BCUT2D eigenvalue weighted by molar-refractivity contribution is 0.577. The van der Waals surface area contributed by atoms with E-state index in [1.165, 1.54) is 11.4 Å². The average molecular weight is 429 g/mol. The Morgan fingerprint density at radius 3 is 0.893 bits per heavy atom. The summed E-state index contributed by atoms with van der Waals surface area (Å²) in [5.41, 5.74) is 5.59. The van der Waals surface area contributed by atoms with Crippen LogP contribution in [0, 0.1) is 10.8 Å². The summed E-state index contributed by atoms with van der Waals surface area (Å²) in [5.74, 6) is 0. The summed E-state index contributed by atoms with van der Waals surface area (Å²) in [6.45, 7) is 32.7. The molecule has 0 rings (SSSR count). The zero-order valence-corrected chi connectivity index (χ0v) is 23.3. The van der Waals surface area contributed by atoms with E-state index in [1.807, 2.05) is 0 Å². The maximum Gasteiger partial charge on any atom is 0.0502 e. The molecule has 0 aromatic rings. The van der Waals surface area contributed by atoms with Crippen molar-refractivity contribution >= 4 is 27.3 Å². The summed E-state index contributed by atoms with van der Waals surface area (Å²) in [6.07, 6.45) is 2.22. The maximum atomic E-state index is 4.97. The normalized spacial score (nSPS) is 15.3. The first-order chi connectivity index (χ1) is 12.5. The van der Waals surface area contributed by atoms with Gasteiger partial charge in [0.25, 0.3) is 0 Å². The van der Waals surface area contributed by atoms with Gasteiger partial charge < -0.3 is 0 Å². The van der Waals surface area contributed by atoms with Crippen LogP contribution in [0.4, 0.5) is 0 Å². The summed E-state index contributed by atoms with van der Waals surface area (Å²) >= 11 is 0. The Balaban J connectivity index is 6.02. The van der Waals surface area contributed by atoms with Crippen molar-refractivity contribution in [2.45, 2.75) is 120 Å². The van der Waals surface area contributed by atoms with Gasteiger partial charge in [0.15, 0.2) is 0 Å². The van der Waals surface area contributed by atoms with Crippen LogP contribution >= 0.6 is 15.8 Å². The molecule has 2 nitrogen and oxygen atoms in total. The average Bonchev–Trinajstić information content (AvgIpc) is 2.45. The fraction of sp³-hybridized carbons (Fsp3) is 0.917. The molecular formula is C24H50N2P2. The van der Waals surface area contributed by atoms with Crippen LogP contribution in [0.15, 0.2) is 10.2 Å². The smallest absolute Gasteiger partial charge is 0.0502 e. The van der Waals surface area contributed by atoms with E-state index in [1.54, 1.807) is 0 Å². The van der Waals surface area contributed by atoms with Crippen molar-refractivity contribution in [2.24, 2.45) is 21.0 Å². The molecule has 0 atom stereocenters. The first kappa shape index (κ1) is 28.2. The van der Waals surface area contributed by atoms with E-state index >= 15 is 0 Å². The Hall–Kier alpha value is 0.200. The quantitative estimate of drug-likeness (QED) is 0.200. The van der Waals surface area contributed by atoms with Crippen LogP contribution in [-0.2, 0) is 0 Å². The third kappa shape index (κ3) is 9.80. The molecule has 0 saturated carbocycles. The largest absolute Gasteiger partial charge is 0.159 e. The van der Waals surface area contributed by atoms with Crippen molar-refractivity contribution in [2.75, 3.05) is 12.3 Å². The van der Waals surface area contributed by atoms with Crippen LogP contribution in [0.25, 0.3) is 0 Å².